The van der Waals surface area contributed by atoms with E-state index in [1.165, 1.54) is 16.9 Å². The third-order valence-electron chi connectivity index (χ3n) is 2.30. The Morgan fingerprint density at radius 1 is 1.39 bits per heavy atom. The maximum absolute atomic E-state index is 11.5. The van der Waals surface area contributed by atoms with E-state index in [4.69, 9.17) is 4.74 Å². The van der Waals surface area contributed by atoms with Crippen molar-refractivity contribution >= 4 is 22.4 Å². The average molecular weight is 262 g/mol. The lowest BCUT2D eigenvalue weighted by atomic mass is 10.2. The molecule has 0 bridgehead atoms. The van der Waals surface area contributed by atoms with Gasteiger partial charge in [-0.1, -0.05) is 17.7 Å². The van der Waals surface area contributed by atoms with Gasteiger partial charge in [0.05, 0.1) is 13.0 Å². The minimum absolute atomic E-state index is 0.0861. The predicted octanol–water partition coefficient (Wildman–Crippen LogP) is 2.86. The maximum atomic E-state index is 11.5. The van der Waals surface area contributed by atoms with Gasteiger partial charge in [0.1, 0.15) is 5.75 Å². The maximum Gasteiger partial charge on any atom is 0.229 e. The zero-order valence-corrected chi connectivity index (χ0v) is 10.9. The van der Waals surface area contributed by atoms with Crippen LogP contribution in [-0.4, -0.2) is 17.5 Å². The molecule has 0 aliphatic carbocycles. The van der Waals surface area contributed by atoms with Crippen molar-refractivity contribution in [3.63, 3.8) is 0 Å². The summed E-state index contributed by atoms with van der Waals surface area (Å²) < 4.78 is 5.47. The zero-order chi connectivity index (χ0) is 12.8. The normalized spacial score (nSPS) is 10.1. The fraction of sp³-hybridized carbons (Fsp3) is 0.231. The summed E-state index contributed by atoms with van der Waals surface area (Å²) >= 11 is 1.40. The van der Waals surface area contributed by atoms with Gasteiger partial charge in [0.25, 0.3) is 0 Å². The van der Waals surface area contributed by atoms with Gasteiger partial charge in [-0.15, -0.1) is 11.3 Å². The molecule has 5 heteroatoms. The fourth-order valence-corrected chi connectivity index (χ4v) is 1.91. The van der Waals surface area contributed by atoms with Gasteiger partial charge in [-0.2, -0.15) is 0 Å². The van der Waals surface area contributed by atoms with Gasteiger partial charge < -0.3 is 10.1 Å². The molecule has 0 fully saturated rings. The molecule has 1 N–H and O–H groups in total. The molecule has 0 radical (unpaired) electrons. The van der Waals surface area contributed by atoms with E-state index in [0.717, 1.165) is 5.75 Å². The Labute approximate surface area is 110 Å². The highest BCUT2D eigenvalue weighted by molar-refractivity contribution is 7.13. The van der Waals surface area contributed by atoms with E-state index in [9.17, 15) is 4.79 Å². The molecule has 0 atom stereocenters. The zero-order valence-electron chi connectivity index (χ0n) is 10.1. The number of amides is 1. The van der Waals surface area contributed by atoms with E-state index >= 15 is 0 Å². The summed E-state index contributed by atoms with van der Waals surface area (Å²) in [5, 5.41) is 5.14. The van der Waals surface area contributed by atoms with Crippen molar-refractivity contribution < 1.29 is 9.53 Å². The first-order valence-electron chi connectivity index (χ1n) is 5.63. The Balaban J connectivity index is 1.72. The Morgan fingerprint density at radius 2 is 2.17 bits per heavy atom. The number of nitrogens with one attached hydrogen (secondary N) is 1. The summed E-state index contributed by atoms with van der Waals surface area (Å²) in [6, 6.07) is 7.75. The van der Waals surface area contributed by atoms with E-state index in [-0.39, 0.29) is 5.91 Å². The molecule has 18 heavy (non-hydrogen) atoms. The van der Waals surface area contributed by atoms with Gasteiger partial charge in [-0.3, -0.25) is 4.79 Å². The number of aromatic nitrogens is 1. The van der Waals surface area contributed by atoms with E-state index in [0.29, 0.717) is 18.2 Å². The quantitative estimate of drug-likeness (QED) is 0.901. The fourth-order valence-electron chi connectivity index (χ4n) is 1.36. The SMILES string of the molecule is Cc1ccc(OCCC(=O)Nc2nccs2)cc1. The van der Waals surface area contributed by atoms with Gasteiger partial charge in [-0.25, -0.2) is 4.98 Å². The Bertz CT molecular complexity index is 494. The van der Waals surface area contributed by atoms with Crippen molar-refractivity contribution in [2.75, 3.05) is 11.9 Å². The van der Waals surface area contributed by atoms with Crippen molar-refractivity contribution in [1.29, 1.82) is 0 Å². The van der Waals surface area contributed by atoms with Crippen molar-refractivity contribution in [1.82, 2.24) is 4.98 Å². The summed E-state index contributed by atoms with van der Waals surface area (Å²) in [6.07, 6.45) is 1.97. The Morgan fingerprint density at radius 3 is 2.83 bits per heavy atom. The average Bonchev–Trinajstić information content (AvgIpc) is 2.84. The van der Waals surface area contributed by atoms with Gasteiger partial charge in [0.15, 0.2) is 5.13 Å². The summed E-state index contributed by atoms with van der Waals surface area (Å²) in [6.45, 7) is 2.38. The van der Waals surface area contributed by atoms with Crippen LogP contribution in [0.2, 0.25) is 0 Å². The molecule has 0 saturated carbocycles. The molecule has 2 aromatic rings. The van der Waals surface area contributed by atoms with Crippen molar-refractivity contribution in [3.8, 4) is 5.75 Å². The highest BCUT2D eigenvalue weighted by atomic mass is 32.1. The number of ether oxygens (including phenoxy) is 1. The van der Waals surface area contributed by atoms with E-state index < -0.39 is 0 Å². The summed E-state index contributed by atoms with van der Waals surface area (Å²) in [5.74, 6) is 0.694. The number of aryl methyl sites for hydroxylation is 1. The summed E-state index contributed by atoms with van der Waals surface area (Å²) in [5.41, 5.74) is 1.18. The number of carbonyl (C=O) groups excluding carboxylic acids is 1. The smallest absolute Gasteiger partial charge is 0.229 e. The first kappa shape index (κ1) is 12.6. The van der Waals surface area contributed by atoms with E-state index in [1.807, 2.05) is 36.6 Å². The molecular formula is C13H14N2O2S. The Kier molecular flexibility index (Phi) is 4.30. The number of benzene rings is 1. The molecular weight excluding hydrogens is 248 g/mol. The first-order chi connectivity index (χ1) is 8.74. The summed E-state index contributed by atoms with van der Waals surface area (Å²) in [7, 11) is 0. The van der Waals surface area contributed by atoms with Crippen LogP contribution in [0.5, 0.6) is 5.75 Å². The molecule has 1 heterocycles. The number of carbonyl (C=O) groups is 1. The van der Waals surface area contributed by atoms with Crippen LogP contribution >= 0.6 is 11.3 Å². The number of nitrogens with zero attached hydrogens (tertiary/aromatic N) is 1. The van der Waals surface area contributed by atoms with Crippen LogP contribution in [0.15, 0.2) is 35.8 Å². The van der Waals surface area contributed by atoms with Gasteiger partial charge in [0, 0.05) is 11.6 Å². The van der Waals surface area contributed by atoms with Crippen LogP contribution in [0.25, 0.3) is 0 Å². The molecule has 2 rings (SSSR count). The lowest BCUT2D eigenvalue weighted by molar-refractivity contribution is -0.116. The molecule has 1 aromatic heterocycles. The largest absolute Gasteiger partial charge is 0.493 e. The molecule has 1 aromatic carbocycles. The monoisotopic (exact) mass is 262 g/mol. The molecule has 0 unspecified atom stereocenters. The number of hydrogen-bond acceptors (Lipinski definition) is 4. The second-order valence-corrected chi connectivity index (χ2v) is 4.69. The lowest BCUT2D eigenvalue weighted by Gasteiger charge is -2.06. The van der Waals surface area contributed by atoms with Crippen molar-refractivity contribution in [2.24, 2.45) is 0 Å². The third-order valence-corrected chi connectivity index (χ3v) is 2.99. The van der Waals surface area contributed by atoms with E-state index in [1.54, 1.807) is 6.20 Å². The Hall–Kier alpha value is -1.88. The van der Waals surface area contributed by atoms with Crippen LogP contribution in [0.1, 0.15) is 12.0 Å². The van der Waals surface area contributed by atoms with Crippen LogP contribution < -0.4 is 10.1 Å². The number of thiazole rings is 1. The standard InChI is InChI=1S/C13H14N2O2S/c1-10-2-4-11(5-3-10)17-8-6-12(16)15-13-14-7-9-18-13/h2-5,7,9H,6,8H2,1H3,(H,14,15,16). The number of hydrogen-bond donors (Lipinski definition) is 1. The van der Waals surface area contributed by atoms with Crippen LogP contribution in [0, 0.1) is 6.92 Å². The lowest BCUT2D eigenvalue weighted by Crippen LogP contribution is -2.14. The number of rotatable bonds is 5. The molecule has 0 aliphatic rings. The predicted molar refractivity (Wildman–Crippen MR) is 72.0 cm³/mol. The third kappa shape index (κ3) is 3.85. The van der Waals surface area contributed by atoms with Crippen LogP contribution in [-0.2, 0) is 4.79 Å². The highest BCUT2D eigenvalue weighted by Crippen LogP contribution is 2.12. The summed E-state index contributed by atoms with van der Waals surface area (Å²) in [4.78, 5) is 15.5. The topological polar surface area (TPSA) is 51.2 Å². The molecule has 0 saturated heterocycles. The molecule has 0 aliphatic heterocycles. The molecule has 4 nitrogen and oxygen atoms in total. The number of anilines is 1. The minimum atomic E-state index is -0.0861. The van der Waals surface area contributed by atoms with Crippen molar-refractivity contribution in [2.45, 2.75) is 13.3 Å². The highest BCUT2D eigenvalue weighted by Gasteiger charge is 2.04. The van der Waals surface area contributed by atoms with Gasteiger partial charge in [0.2, 0.25) is 5.91 Å². The van der Waals surface area contributed by atoms with Crippen LogP contribution in [0.4, 0.5) is 5.13 Å². The molecule has 0 spiro atoms. The molecule has 1 amide bonds. The molecule has 94 valence electrons. The minimum Gasteiger partial charge on any atom is -0.493 e. The van der Waals surface area contributed by atoms with Crippen LogP contribution in [0.3, 0.4) is 0 Å². The second kappa shape index (κ2) is 6.16. The van der Waals surface area contributed by atoms with Gasteiger partial charge in [-0.05, 0) is 19.1 Å². The van der Waals surface area contributed by atoms with E-state index in [2.05, 4.69) is 10.3 Å². The van der Waals surface area contributed by atoms with Crippen molar-refractivity contribution in [3.05, 3.63) is 41.4 Å². The second-order valence-electron chi connectivity index (χ2n) is 3.80. The van der Waals surface area contributed by atoms with Gasteiger partial charge >= 0.3 is 0 Å². The first-order valence-corrected chi connectivity index (χ1v) is 6.51.